The van der Waals surface area contributed by atoms with E-state index in [1.54, 1.807) is 10.3 Å². The zero-order valence-corrected chi connectivity index (χ0v) is 14.6. The van der Waals surface area contributed by atoms with E-state index in [4.69, 9.17) is 4.74 Å². The Labute approximate surface area is 144 Å². The van der Waals surface area contributed by atoms with E-state index in [1.165, 1.54) is 11.3 Å². The number of hydrogen-bond donors (Lipinski definition) is 1. The first-order valence-corrected chi connectivity index (χ1v) is 8.50. The van der Waals surface area contributed by atoms with Gasteiger partial charge < -0.3 is 10.1 Å². The van der Waals surface area contributed by atoms with E-state index >= 15 is 0 Å². The maximum Gasteiger partial charge on any atom is 0.271 e. The van der Waals surface area contributed by atoms with Crippen molar-refractivity contribution in [1.29, 1.82) is 0 Å². The van der Waals surface area contributed by atoms with Gasteiger partial charge in [-0.1, -0.05) is 12.1 Å². The number of nitrogens with one attached hydrogen (secondary N) is 1. The topological polar surface area (TPSA) is 71.5 Å². The number of hydrogen-bond acceptors (Lipinski definition) is 5. The van der Waals surface area contributed by atoms with Gasteiger partial charge in [-0.3, -0.25) is 14.5 Å². The van der Waals surface area contributed by atoms with Crippen molar-refractivity contribution >= 4 is 28.8 Å². The molecule has 3 rings (SSSR count). The van der Waals surface area contributed by atoms with Crippen molar-refractivity contribution in [3.63, 3.8) is 0 Å². The first-order chi connectivity index (χ1) is 11.3. The van der Waals surface area contributed by atoms with E-state index in [2.05, 4.69) is 10.3 Å². The Bertz CT molecular complexity index is 779. The van der Waals surface area contributed by atoms with E-state index in [0.29, 0.717) is 23.0 Å². The summed E-state index contributed by atoms with van der Waals surface area (Å²) in [7, 11) is 0. The maximum absolute atomic E-state index is 12.2. The first-order valence-electron chi connectivity index (χ1n) is 7.62. The molecule has 0 saturated carbocycles. The Morgan fingerprint density at radius 2 is 2.12 bits per heavy atom. The number of anilines is 1. The van der Waals surface area contributed by atoms with Gasteiger partial charge in [-0.25, -0.2) is 4.98 Å². The molecule has 0 unspecified atom stereocenters. The molecule has 7 heteroatoms. The number of nitrogens with zero attached hydrogens (tertiary/aromatic N) is 2. The van der Waals surface area contributed by atoms with E-state index in [1.807, 2.05) is 45.0 Å². The number of ether oxygens (including phenoxy) is 1. The van der Waals surface area contributed by atoms with Gasteiger partial charge >= 0.3 is 0 Å². The quantitative estimate of drug-likeness (QED) is 0.928. The van der Waals surface area contributed by atoms with Crippen molar-refractivity contribution in [2.24, 2.45) is 0 Å². The van der Waals surface area contributed by atoms with Crippen LogP contribution in [0.25, 0.3) is 0 Å². The zero-order chi connectivity index (χ0) is 17.3. The number of amides is 2. The summed E-state index contributed by atoms with van der Waals surface area (Å²) in [6.45, 7) is 6.09. The number of carbonyl (C=O) groups excluding carboxylic acids is 2. The molecule has 2 amide bonds. The van der Waals surface area contributed by atoms with Gasteiger partial charge in [0.2, 0.25) is 0 Å². The number of carbonyl (C=O) groups is 2. The lowest BCUT2D eigenvalue weighted by Crippen LogP contribution is -2.40. The van der Waals surface area contributed by atoms with Gasteiger partial charge in [-0.15, -0.1) is 11.3 Å². The lowest BCUT2D eigenvalue weighted by atomic mass is 10.1. The molecule has 2 heterocycles. The van der Waals surface area contributed by atoms with Crippen LogP contribution < -0.4 is 15.0 Å². The van der Waals surface area contributed by atoms with Gasteiger partial charge in [-0.05, 0) is 32.9 Å². The number of benzene rings is 1. The van der Waals surface area contributed by atoms with Crippen molar-refractivity contribution in [3.8, 4) is 5.75 Å². The standard InChI is InChI=1S/C17H19N3O3S/c1-17(2,3)19-16(22)11-10-24-14(18-11)8-20-12-6-4-5-7-13(12)23-9-15(20)21/h4-7,10H,8-9H2,1-3H3,(H,19,22). The number of rotatable bonds is 3. The van der Waals surface area contributed by atoms with Crippen LogP contribution in [-0.4, -0.2) is 28.9 Å². The Kier molecular flexibility index (Phi) is 4.28. The van der Waals surface area contributed by atoms with Gasteiger partial charge in [-0.2, -0.15) is 0 Å². The van der Waals surface area contributed by atoms with Crippen LogP contribution in [0.1, 0.15) is 36.3 Å². The molecule has 1 aromatic heterocycles. The van der Waals surface area contributed by atoms with Gasteiger partial charge in [0, 0.05) is 10.9 Å². The van der Waals surface area contributed by atoms with E-state index < -0.39 is 0 Å². The van der Waals surface area contributed by atoms with Crippen molar-refractivity contribution in [3.05, 3.63) is 40.3 Å². The third kappa shape index (κ3) is 3.56. The fourth-order valence-corrected chi connectivity index (χ4v) is 3.12. The molecule has 24 heavy (non-hydrogen) atoms. The SMILES string of the molecule is CC(C)(C)NC(=O)c1csc(CN2C(=O)COc3ccccc32)n1. The minimum absolute atomic E-state index is 0.0136. The summed E-state index contributed by atoms with van der Waals surface area (Å²) in [6, 6.07) is 7.40. The van der Waals surface area contributed by atoms with E-state index in [9.17, 15) is 9.59 Å². The van der Waals surface area contributed by atoms with Crippen LogP contribution in [-0.2, 0) is 11.3 Å². The van der Waals surface area contributed by atoms with Crippen LogP contribution in [0.5, 0.6) is 5.75 Å². The van der Waals surface area contributed by atoms with Crippen LogP contribution in [0.3, 0.4) is 0 Å². The predicted molar refractivity (Wildman–Crippen MR) is 92.5 cm³/mol. The van der Waals surface area contributed by atoms with Gasteiger partial charge in [0.05, 0.1) is 12.2 Å². The molecule has 0 saturated heterocycles. The molecule has 0 radical (unpaired) electrons. The fourth-order valence-electron chi connectivity index (χ4n) is 2.35. The lowest BCUT2D eigenvalue weighted by molar-refractivity contribution is -0.121. The monoisotopic (exact) mass is 345 g/mol. The third-order valence-corrected chi connectivity index (χ3v) is 4.21. The highest BCUT2D eigenvalue weighted by atomic mass is 32.1. The van der Waals surface area contributed by atoms with E-state index in [0.717, 1.165) is 5.69 Å². The summed E-state index contributed by atoms with van der Waals surface area (Å²) in [5.74, 6) is 0.350. The predicted octanol–water partition coefficient (Wildman–Crippen LogP) is 2.60. The maximum atomic E-state index is 12.2. The average molecular weight is 345 g/mol. The largest absolute Gasteiger partial charge is 0.482 e. The van der Waals surface area contributed by atoms with Gasteiger partial charge in [0.25, 0.3) is 11.8 Å². The molecule has 6 nitrogen and oxygen atoms in total. The molecule has 0 aliphatic carbocycles. The van der Waals surface area contributed by atoms with Crippen LogP contribution in [0, 0.1) is 0 Å². The Balaban J connectivity index is 1.78. The summed E-state index contributed by atoms with van der Waals surface area (Å²) < 4.78 is 5.43. The Morgan fingerprint density at radius 3 is 2.88 bits per heavy atom. The van der Waals surface area contributed by atoms with Crippen LogP contribution in [0.4, 0.5) is 5.69 Å². The minimum Gasteiger partial charge on any atom is -0.482 e. The number of fused-ring (bicyclic) bond motifs is 1. The average Bonchev–Trinajstić information content (AvgIpc) is 2.97. The third-order valence-electron chi connectivity index (χ3n) is 3.37. The highest BCUT2D eigenvalue weighted by Gasteiger charge is 2.26. The molecule has 0 spiro atoms. The molecular formula is C17H19N3O3S. The van der Waals surface area contributed by atoms with E-state index in [-0.39, 0.29) is 24.0 Å². The lowest BCUT2D eigenvalue weighted by Gasteiger charge is -2.28. The molecule has 1 aromatic carbocycles. The summed E-state index contributed by atoms with van der Waals surface area (Å²) in [5, 5.41) is 5.30. The van der Waals surface area contributed by atoms with Crippen molar-refractivity contribution in [2.75, 3.05) is 11.5 Å². The van der Waals surface area contributed by atoms with Crippen LogP contribution in [0.2, 0.25) is 0 Å². The second-order valence-corrected chi connectivity index (χ2v) is 7.51. The molecular weight excluding hydrogens is 326 g/mol. The summed E-state index contributed by atoms with van der Waals surface area (Å²) >= 11 is 1.37. The molecule has 0 atom stereocenters. The normalized spacial score (nSPS) is 14.1. The number of thiazole rings is 1. The Hall–Kier alpha value is -2.41. The van der Waals surface area contributed by atoms with Crippen molar-refractivity contribution in [1.82, 2.24) is 10.3 Å². The zero-order valence-electron chi connectivity index (χ0n) is 13.8. The molecule has 1 aliphatic rings. The smallest absolute Gasteiger partial charge is 0.271 e. The fraction of sp³-hybridized carbons (Fsp3) is 0.353. The number of aromatic nitrogens is 1. The van der Waals surface area contributed by atoms with Gasteiger partial charge in [0.1, 0.15) is 16.5 Å². The second-order valence-electron chi connectivity index (χ2n) is 6.57. The Morgan fingerprint density at radius 1 is 1.38 bits per heavy atom. The highest BCUT2D eigenvalue weighted by Crippen LogP contribution is 2.32. The molecule has 2 aromatic rings. The second kappa shape index (κ2) is 6.24. The summed E-state index contributed by atoms with van der Waals surface area (Å²) in [6.07, 6.45) is 0. The van der Waals surface area contributed by atoms with Crippen molar-refractivity contribution < 1.29 is 14.3 Å². The minimum atomic E-state index is -0.319. The first kappa shape index (κ1) is 16.4. The summed E-state index contributed by atoms with van der Waals surface area (Å²) in [4.78, 5) is 30.4. The summed E-state index contributed by atoms with van der Waals surface area (Å²) in [5.41, 5.74) is 0.781. The molecule has 0 bridgehead atoms. The molecule has 1 N–H and O–H groups in total. The molecule has 1 aliphatic heterocycles. The number of para-hydroxylation sites is 2. The van der Waals surface area contributed by atoms with Crippen LogP contribution in [0.15, 0.2) is 29.6 Å². The van der Waals surface area contributed by atoms with Crippen molar-refractivity contribution in [2.45, 2.75) is 32.9 Å². The highest BCUT2D eigenvalue weighted by molar-refractivity contribution is 7.09. The van der Waals surface area contributed by atoms with Gasteiger partial charge in [0.15, 0.2) is 6.61 Å². The molecule has 126 valence electrons. The van der Waals surface area contributed by atoms with Crippen LogP contribution >= 0.6 is 11.3 Å². The molecule has 0 fully saturated rings.